The highest BCUT2D eigenvalue weighted by atomic mass is 79.9. The summed E-state index contributed by atoms with van der Waals surface area (Å²) in [7, 11) is 3.15. The molecule has 0 atom stereocenters. The molecule has 2 aromatic carbocycles. The van der Waals surface area contributed by atoms with Gasteiger partial charge < -0.3 is 19.1 Å². The second kappa shape index (κ2) is 9.17. The van der Waals surface area contributed by atoms with Crippen molar-refractivity contribution in [3.8, 4) is 17.2 Å². The molecule has 1 heterocycles. The van der Waals surface area contributed by atoms with Crippen LogP contribution in [0.4, 0.5) is 5.69 Å². The molecule has 0 saturated carbocycles. The normalized spacial score (nSPS) is 12.8. The average molecular weight is 463 g/mol. The first-order chi connectivity index (χ1) is 14.0. The molecule has 154 valence electrons. The van der Waals surface area contributed by atoms with Crippen molar-refractivity contribution in [2.24, 2.45) is 0 Å². The Kier molecular flexibility index (Phi) is 6.64. The third kappa shape index (κ3) is 4.64. The van der Waals surface area contributed by atoms with E-state index in [-0.39, 0.29) is 25.0 Å². The van der Waals surface area contributed by atoms with Gasteiger partial charge >= 0.3 is 0 Å². The number of benzene rings is 2. The van der Waals surface area contributed by atoms with Crippen molar-refractivity contribution >= 4 is 33.4 Å². The van der Waals surface area contributed by atoms with Crippen LogP contribution < -0.4 is 19.1 Å². The standard InChI is InChI=1S/C21H23BrN2O5/c1-4-23(11-14-5-8-17(27-2)19(9-14)28-3)20(25)12-24-16-7-6-15(22)10-18(16)29-13-21(24)26/h5-10H,4,11-13H2,1-3H3. The van der Waals surface area contributed by atoms with Gasteiger partial charge in [0.15, 0.2) is 18.1 Å². The second-order valence-electron chi connectivity index (χ2n) is 6.48. The van der Waals surface area contributed by atoms with Gasteiger partial charge in [0, 0.05) is 17.6 Å². The molecule has 0 aromatic heterocycles. The quantitative estimate of drug-likeness (QED) is 0.631. The van der Waals surface area contributed by atoms with E-state index < -0.39 is 0 Å². The molecular weight excluding hydrogens is 440 g/mol. The summed E-state index contributed by atoms with van der Waals surface area (Å²) in [5.41, 5.74) is 1.51. The molecule has 1 aliphatic rings. The Morgan fingerprint density at radius 1 is 1.17 bits per heavy atom. The van der Waals surface area contributed by atoms with E-state index in [4.69, 9.17) is 14.2 Å². The molecule has 0 bridgehead atoms. The first kappa shape index (κ1) is 21.0. The Balaban J connectivity index is 1.76. The minimum absolute atomic E-state index is 0.0437. The number of carbonyl (C=O) groups excluding carboxylic acids is 2. The SMILES string of the molecule is CCN(Cc1ccc(OC)c(OC)c1)C(=O)CN1C(=O)COc2cc(Br)ccc21. The van der Waals surface area contributed by atoms with Gasteiger partial charge in [-0.25, -0.2) is 0 Å². The van der Waals surface area contributed by atoms with Crippen LogP contribution in [0.3, 0.4) is 0 Å². The third-order valence-electron chi connectivity index (χ3n) is 4.71. The molecule has 0 N–H and O–H groups in total. The molecular formula is C21H23BrN2O5. The summed E-state index contributed by atoms with van der Waals surface area (Å²) in [4.78, 5) is 28.5. The number of rotatable bonds is 7. The smallest absolute Gasteiger partial charge is 0.265 e. The zero-order chi connectivity index (χ0) is 21.0. The van der Waals surface area contributed by atoms with Crippen molar-refractivity contribution in [3.05, 3.63) is 46.4 Å². The molecule has 2 aromatic rings. The lowest BCUT2D eigenvalue weighted by Gasteiger charge is -2.31. The number of methoxy groups -OCH3 is 2. The van der Waals surface area contributed by atoms with Crippen molar-refractivity contribution in [1.82, 2.24) is 4.90 Å². The van der Waals surface area contributed by atoms with Crippen molar-refractivity contribution < 1.29 is 23.8 Å². The van der Waals surface area contributed by atoms with Gasteiger partial charge in [0.1, 0.15) is 12.3 Å². The van der Waals surface area contributed by atoms with Gasteiger partial charge in [-0.3, -0.25) is 14.5 Å². The fourth-order valence-corrected chi connectivity index (χ4v) is 3.50. The van der Waals surface area contributed by atoms with Crippen molar-refractivity contribution in [3.63, 3.8) is 0 Å². The highest BCUT2D eigenvalue weighted by Crippen LogP contribution is 2.34. The fraction of sp³-hybridized carbons (Fsp3) is 0.333. The third-order valence-corrected chi connectivity index (χ3v) is 5.21. The van der Waals surface area contributed by atoms with E-state index in [1.165, 1.54) is 4.90 Å². The lowest BCUT2D eigenvalue weighted by molar-refractivity contribution is -0.132. The molecule has 0 fully saturated rings. The number of hydrogen-bond acceptors (Lipinski definition) is 5. The van der Waals surface area contributed by atoms with Crippen LogP contribution >= 0.6 is 15.9 Å². The van der Waals surface area contributed by atoms with Gasteiger partial charge in [0.2, 0.25) is 5.91 Å². The number of ether oxygens (including phenoxy) is 3. The Bertz CT molecular complexity index is 918. The first-order valence-electron chi connectivity index (χ1n) is 9.18. The molecule has 0 aliphatic carbocycles. The van der Waals surface area contributed by atoms with E-state index in [1.807, 2.05) is 31.2 Å². The van der Waals surface area contributed by atoms with E-state index in [9.17, 15) is 9.59 Å². The largest absolute Gasteiger partial charge is 0.493 e. The van der Waals surface area contributed by atoms with Crippen LogP contribution in [0.25, 0.3) is 0 Å². The van der Waals surface area contributed by atoms with Crippen LogP contribution in [0, 0.1) is 0 Å². The average Bonchev–Trinajstić information content (AvgIpc) is 2.73. The maximum absolute atomic E-state index is 13.0. The molecule has 2 amide bonds. The number of hydrogen-bond donors (Lipinski definition) is 0. The monoisotopic (exact) mass is 462 g/mol. The van der Waals surface area contributed by atoms with Crippen LogP contribution in [0.1, 0.15) is 12.5 Å². The van der Waals surface area contributed by atoms with Gasteiger partial charge in [-0.2, -0.15) is 0 Å². The minimum atomic E-state index is -0.240. The van der Waals surface area contributed by atoms with E-state index in [1.54, 1.807) is 31.3 Å². The van der Waals surface area contributed by atoms with E-state index in [0.29, 0.717) is 36.0 Å². The zero-order valence-electron chi connectivity index (χ0n) is 16.6. The maximum Gasteiger partial charge on any atom is 0.265 e. The van der Waals surface area contributed by atoms with Crippen molar-refractivity contribution in [2.75, 3.05) is 38.8 Å². The molecule has 0 radical (unpaired) electrons. The number of carbonyl (C=O) groups is 2. The molecule has 1 aliphatic heterocycles. The van der Waals surface area contributed by atoms with Gasteiger partial charge in [-0.05, 0) is 42.8 Å². The summed E-state index contributed by atoms with van der Waals surface area (Å²) >= 11 is 3.39. The van der Waals surface area contributed by atoms with Crippen LogP contribution in [0.5, 0.6) is 17.2 Å². The predicted octanol–water partition coefficient (Wildman–Crippen LogP) is 3.24. The number of amides is 2. The number of anilines is 1. The number of fused-ring (bicyclic) bond motifs is 1. The topological polar surface area (TPSA) is 68.3 Å². The van der Waals surface area contributed by atoms with E-state index in [0.717, 1.165) is 10.0 Å². The Morgan fingerprint density at radius 2 is 1.93 bits per heavy atom. The van der Waals surface area contributed by atoms with Crippen LogP contribution in [0.15, 0.2) is 40.9 Å². The van der Waals surface area contributed by atoms with Gasteiger partial charge in [0.25, 0.3) is 5.91 Å². The molecule has 0 unspecified atom stereocenters. The molecule has 0 saturated heterocycles. The van der Waals surface area contributed by atoms with Crippen LogP contribution in [-0.4, -0.2) is 50.6 Å². The lowest BCUT2D eigenvalue weighted by atomic mass is 10.1. The second-order valence-corrected chi connectivity index (χ2v) is 7.39. The van der Waals surface area contributed by atoms with Gasteiger partial charge in [0.05, 0.1) is 19.9 Å². The number of likely N-dealkylation sites (N-methyl/N-ethyl adjacent to an activating group) is 1. The first-order valence-corrected chi connectivity index (χ1v) is 9.97. The van der Waals surface area contributed by atoms with Crippen molar-refractivity contribution in [1.29, 1.82) is 0 Å². The highest BCUT2D eigenvalue weighted by molar-refractivity contribution is 9.10. The lowest BCUT2D eigenvalue weighted by Crippen LogP contribution is -2.46. The minimum Gasteiger partial charge on any atom is -0.493 e. The van der Waals surface area contributed by atoms with Crippen LogP contribution in [-0.2, 0) is 16.1 Å². The summed E-state index contributed by atoms with van der Waals surface area (Å²) in [6.45, 7) is 2.70. The summed E-state index contributed by atoms with van der Waals surface area (Å²) in [5, 5.41) is 0. The van der Waals surface area contributed by atoms with E-state index >= 15 is 0 Å². The van der Waals surface area contributed by atoms with Gasteiger partial charge in [-0.1, -0.05) is 22.0 Å². The summed E-state index contributed by atoms with van der Waals surface area (Å²) in [5.74, 6) is 1.43. The number of halogens is 1. The Labute approximate surface area is 178 Å². The zero-order valence-corrected chi connectivity index (χ0v) is 18.2. The molecule has 0 spiro atoms. The van der Waals surface area contributed by atoms with Gasteiger partial charge in [-0.15, -0.1) is 0 Å². The summed E-state index contributed by atoms with van der Waals surface area (Å²) < 4.78 is 16.9. The fourth-order valence-electron chi connectivity index (χ4n) is 3.16. The summed E-state index contributed by atoms with van der Waals surface area (Å²) in [6.07, 6.45) is 0. The number of nitrogens with zero attached hydrogens (tertiary/aromatic N) is 2. The van der Waals surface area contributed by atoms with Crippen LogP contribution in [0.2, 0.25) is 0 Å². The molecule has 3 rings (SSSR count). The van der Waals surface area contributed by atoms with Crippen molar-refractivity contribution in [2.45, 2.75) is 13.5 Å². The predicted molar refractivity (Wildman–Crippen MR) is 113 cm³/mol. The molecule has 29 heavy (non-hydrogen) atoms. The highest BCUT2D eigenvalue weighted by Gasteiger charge is 2.29. The Hall–Kier alpha value is -2.74. The maximum atomic E-state index is 13.0. The summed E-state index contributed by atoms with van der Waals surface area (Å²) in [6, 6.07) is 10.9. The van der Waals surface area contributed by atoms with E-state index in [2.05, 4.69) is 15.9 Å². The Morgan fingerprint density at radius 3 is 2.62 bits per heavy atom. The molecule has 8 heteroatoms. The molecule has 7 nitrogen and oxygen atoms in total.